The number of tetrazole rings is 1. The van der Waals surface area contributed by atoms with Crippen LogP contribution in [0.3, 0.4) is 0 Å². The molecule has 1 heterocycles. The SMILES string of the molecule is Cc1nnn(Cc2cc(C(F)(F)F)ccc2OCC(=O)O)n1. The van der Waals surface area contributed by atoms with E-state index in [0.717, 1.165) is 23.0 Å². The molecule has 0 atom stereocenters. The first kappa shape index (κ1) is 15.7. The number of aromatic nitrogens is 4. The molecule has 1 aromatic heterocycles. The zero-order chi connectivity index (χ0) is 16.3. The van der Waals surface area contributed by atoms with Gasteiger partial charge in [0.1, 0.15) is 5.75 Å². The summed E-state index contributed by atoms with van der Waals surface area (Å²) in [6.45, 7) is 0.791. The highest BCUT2D eigenvalue weighted by Gasteiger charge is 2.31. The zero-order valence-corrected chi connectivity index (χ0v) is 11.3. The number of hydrogen-bond donors (Lipinski definition) is 1. The predicted molar refractivity (Wildman–Crippen MR) is 66.2 cm³/mol. The molecule has 0 aliphatic heterocycles. The fraction of sp³-hybridized carbons (Fsp3) is 0.333. The Morgan fingerprint density at radius 2 is 2.14 bits per heavy atom. The minimum absolute atomic E-state index is 0.0188. The monoisotopic (exact) mass is 316 g/mol. The number of alkyl halides is 3. The van der Waals surface area contributed by atoms with E-state index in [4.69, 9.17) is 9.84 Å². The van der Waals surface area contributed by atoms with Crippen molar-refractivity contribution in [3.05, 3.63) is 35.2 Å². The molecule has 0 aliphatic carbocycles. The molecule has 0 fully saturated rings. The van der Waals surface area contributed by atoms with Gasteiger partial charge < -0.3 is 9.84 Å². The van der Waals surface area contributed by atoms with E-state index in [9.17, 15) is 18.0 Å². The van der Waals surface area contributed by atoms with Crippen molar-refractivity contribution in [2.45, 2.75) is 19.6 Å². The van der Waals surface area contributed by atoms with Crippen LogP contribution in [0.1, 0.15) is 17.0 Å². The molecule has 10 heteroatoms. The maximum Gasteiger partial charge on any atom is 0.416 e. The van der Waals surface area contributed by atoms with E-state index < -0.39 is 24.3 Å². The summed E-state index contributed by atoms with van der Waals surface area (Å²) >= 11 is 0. The van der Waals surface area contributed by atoms with Crippen LogP contribution in [0.5, 0.6) is 5.75 Å². The minimum Gasteiger partial charge on any atom is -0.482 e. The summed E-state index contributed by atoms with van der Waals surface area (Å²) in [5.74, 6) is -0.856. The van der Waals surface area contributed by atoms with Crippen molar-refractivity contribution in [2.24, 2.45) is 0 Å². The van der Waals surface area contributed by atoms with Gasteiger partial charge >= 0.3 is 12.1 Å². The Kier molecular flexibility index (Phi) is 4.29. The summed E-state index contributed by atoms with van der Waals surface area (Å²) in [5.41, 5.74) is -0.768. The van der Waals surface area contributed by atoms with Gasteiger partial charge in [0.25, 0.3) is 0 Å². The van der Waals surface area contributed by atoms with Gasteiger partial charge in [-0.1, -0.05) is 0 Å². The second kappa shape index (κ2) is 6.00. The Balaban J connectivity index is 2.33. The van der Waals surface area contributed by atoms with Gasteiger partial charge in [0, 0.05) is 5.56 Å². The fourth-order valence-electron chi connectivity index (χ4n) is 1.70. The van der Waals surface area contributed by atoms with Crippen LogP contribution in [0, 0.1) is 6.92 Å². The smallest absolute Gasteiger partial charge is 0.416 e. The van der Waals surface area contributed by atoms with Crippen molar-refractivity contribution in [1.29, 1.82) is 0 Å². The Hall–Kier alpha value is -2.65. The van der Waals surface area contributed by atoms with E-state index in [-0.39, 0.29) is 17.9 Å². The normalized spacial score (nSPS) is 11.5. The Morgan fingerprint density at radius 1 is 1.41 bits per heavy atom. The second-order valence-electron chi connectivity index (χ2n) is 4.37. The van der Waals surface area contributed by atoms with Gasteiger partial charge in [-0.15, -0.1) is 10.2 Å². The van der Waals surface area contributed by atoms with Crippen LogP contribution in [0.2, 0.25) is 0 Å². The van der Waals surface area contributed by atoms with Gasteiger partial charge in [0.05, 0.1) is 12.1 Å². The highest BCUT2D eigenvalue weighted by molar-refractivity contribution is 5.68. The van der Waals surface area contributed by atoms with Crippen LogP contribution in [-0.2, 0) is 17.5 Å². The van der Waals surface area contributed by atoms with Crippen LogP contribution >= 0.6 is 0 Å². The highest BCUT2D eigenvalue weighted by Crippen LogP contribution is 2.32. The van der Waals surface area contributed by atoms with Gasteiger partial charge in [0.15, 0.2) is 12.4 Å². The summed E-state index contributed by atoms with van der Waals surface area (Å²) in [6, 6.07) is 2.77. The molecule has 0 spiro atoms. The van der Waals surface area contributed by atoms with Gasteiger partial charge in [-0.3, -0.25) is 0 Å². The fourth-order valence-corrected chi connectivity index (χ4v) is 1.70. The summed E-state index contributed by atoms with van der Waals surface area (Å²) in [6.07, 6.45) is -4.52. The summed E-state index contributed by atoms with van der Waals surface area (Å²) in [5, 5.41) is 19.7. The molecule has 0 amide bonds. The third kappa shape index (κ3) is 3.93. The maximum atomic E-state index is 12.8. The number of benzene rings is 1. The van der Waals surface area contributed by atoms with E-state index in [2.05, 4.69) is 15.4 Å². The van der Waals surface area contributed by atoms with Gasteiger partial charge in [0.2, 0.25) is 0 Å². The third-order valence-electron chi connectivity index (χ3n) is 2.60. The minimum atomic E-state index is -4.52. The Morgan fingerprint density at radius 3 is 2.68 bits per heavy atom. The summed E-state index contributed by atoms with van der Waals surface area (Å²) < 4.78 is 43.3. The number of nitrogens with zero attached hydrogens (tertiary/aromatic N) is 4. The number of hydrogen-bond acceptors (Lipinski definition) is 5. The predicted octanol–water partition coefficient (Wildman–Crippen LogP) is 1.51. The van der Waals surface area contributed by atoms with Gasteiger partial charge in [-0.2, -0.15) is 18.0 Å². The maximum absolute atomic E-state index is 12.8. The number of aryl methyl sites for hydroxylation is 1. The molecule has 2 rings (SSSR count). The standard InChI is InChI=1S/C12H11F3N4O3/c1-7-16-18-19(17-7)5-8-4-9(12(13,14)15)2-3-10(8)22-6-11(20)21/h2-4H,5-6H2,1H3,(H,20,21). The van der Waals surface area contributed by atoms with Gasteiger partial charge in [-0.05, 0) is 30.3 Å². The van der Waals surface area contributed by atoms with Crippen molar-refractivity contribution >= 4 is 5.97 Å². The Labute approximate surface area is 122 Å². The quantitative estimate of drug-likeness (QED) is 0.899. The average molecular weight is 316 g/mol. The molecule has 0 radical (unpaired) electrons. The van der Waals surface area contributed by atoms with Crippen molar-refractivity contribution in [3.8, 4) is 5.75 Å². The van der Waals surface area contributed by atoms with Crippen molar-refractivity contribution in [2.75, 3.05) is 6.61 Å². The lowest BCUT2D eigenvalue weighted by atomic mass is 10.1. The molecular weight excluding hydrogens is 305 g/mol. The lowest BCUT2D eigenvalue weighted by Crippen LogP contribution is -2.14. The average Bonchev–Trinajstić information content (AvgIpc) is 2.81. The second-order valence-corrected chi connectivity index (χ2v) is 4.37. The molecule has 0 saturated carbocycles. The molecule has 0 unspecified atom stereocenters. The topological polar surface area (TPSA) is 90.1 Å². The lowest BCUT2D eigenvalue weighted by Gasteiger charge is -2.13. The first-order valence-electron chi connectivity index (χ1n) is 6.05. The van der Waals surface area contributed by atoms with E-state index in [1.165, 1.54) is 0 Å². The molecule has 0 saturated heterocycles. The number of rotatable bonds is 5. The van der Waals surface area contributed by atoms with E-state index in [1.807, 2.05) is 0 Å². The summed E-state index contributed by atoms with van der Waals surface area (Å²) in [4.78, 5) is 11.6. The third-order valence-corrected chi connectivity index (χ3v) is 2.60. The van der Waals surface area contributed by atoms with Crippen LogP contribution in [0.15, 0.2) is 18.2 Å². The molecule has 1 aromatic carbocycles. The van der Waals surface area contributed by atoms with Gasteiger partial charge in [-0.25, -0.2) is 4.79 Å². The first-order chi connectivity index (χ1) is 10.3. The number of carboxylic acid groups (broad SMARTS) is 1. The first-order valence-corrected chi connectivity index (χ1v) is 6.05. The molecular formula is C12H11F3N4O3. The lowest BCUT2D eigenvalue weighted by molar-refractivity contribution is -0.140. The van der Waals surface area contributed by atoms with Crippen LogP contribution in [0.4, 0.5) is 13.2 Å². The van der Waals surface area contributed by atoms with Crippen LogP contribution in [0.25, 0.3) is 0 Å². The zero-order valence-electron chi connectivity index (χ0n) is 11.3. The highest BCUT2D eigenvalue weighted by atomic mass is 19.4. The molecule has 118 valence electrons. The molecule has 0 bridgehead atoms. The number of carbonyl (C=O) groups is 1. The molecule has 7 nitrogen and oxygen atoms in total. The molecule has 0 aliphatic rings. The number of ether oxygens (including phenoxy) is 1. The molecule has 2 aromatic rings. The number of halogens is 3. The Bertz CT molecular complexity index is 684. The number of carboxylic acids is 1. The van der Waals surface area contributed by atoms with Crippen molar-refractivity contribution in [1.82, 2.24) is 20.2 Å². The van der Waals surface area contributed by atoms with Crippen molar-refractivity contribution < 1.29 is 27.8 Å². The van der Waals surface area contributed by atoms with Crippen molar-refractivity contribution in [3.63, 3.8) is 0 Å². The van der Waals surface area contributed by atoms with Crippen LogP contribution < -0.4 is 4.74 Å². The largest absolute Gasteiger partial charge is 0.482 e. The molecule has 22 heavy (non-hydrogen) atoms. The molecule has 1 N–H and O–H groups in total. The number of aliphatic carboxylic acids is 1. The van der Waals surface area contributed by atoms with E-state index >= 15 is 0 Å². The van der Waals surface area contributed by atoms with E-state index in [1.54, 1.807) is 6.92 Å². The van der Waals surface area contributed by atoms with Crippen LogP contribution in [-0.4, -0.2) is 37.9 Å². The summed E-state index contributed by atoms with van der Waals surface area (Å²) in [7, 11) is 0. The van der Waals surface area contributed by atoms with E-state index in [0.29, 0.717) is 5.82 Å².